The molecule has 0 aromatic heterocycles. The predicted octanol–water partition coefficient (Wildman–Crippen LogP) is 3.06. The second kappa shape index (κ2) is 4.71. The van der Waals surface area contributed by atoms with Crippen LogP contribution in [0, 0.1) is 0 Å². The Balaban J connectivity index is 2.21. The van der Waals surface area contributed by atoms with Gasteiger partial charge in [0.05, 0.1) is 6.26 Å². The first-order valence-electron chi connectivity index (χ1n) is 5.30. The topological polar surface area (TPSA) is 26.3 Å². The normalized spacial score (nSPS) is 23.8. The van der Waals surface area contributed by atoms with E-state index in [0.29, 0.717) is 12.8 Å². The molecule has 1 aliphatic rings. The molecule has 0 radical (unpaired) electrons. The monoisotopic (exact) mass is 236 g/mol. The molecule has 0 bridgehead atoms. The van der Waals surface area contributed by atoms with Gasteiger partial charge in [-0.3, -0.25) is 4.79 Å². The summed E-state index contributed by atoms with van der Waals surface area (Å²) >= 11 is 5.67. The predicted molar refractivity (Wildman–Crippen MR) is 63.2 cm³/mol. The average Bonchev–Trinajstić information content (AvgIpc) is 2.31. The van der Waals surface area contributed by atoms with Crippen LogP contribution in [0.4, 0.5) is 0 Å². The highest BCUT2D eigenvalue weighted by Gasteiger charge is 2.39. The van der Waals surface area contributed by atoms with E-state index in [4.69, 9.17) is 16.3 Å². The van der Waals surface area contributed by atoms with Crippen LogP contribution in [0.25, 0.3) is 0 Å². The molecule has 16 heavy (non-hydrogen) atoms. The number of allylic oxidation sites excluding steroid dienone is 1. The van der Waals surface area contributed by atoms with E-state index in [1.165, 1.54) is 0 Å². The van der Waals surface area contributed by atoms with Gasteiger partial charge < -0.3 is 4.74 Å². The Hall–Kier alpha value is -1.28. The molecule has 1 unspecified atom stereocenters. The summed E-state index contributed by atoms with van der Waals surface area (Å²) in [6.07, 6.45) is 5.47. The summed E-state index contributed by atoms with van der Waals surface area (Å²) in [7, 11) is 0. The first-order chi connectivity index (χ1) is 7.73. The lowest BCUT2D eigenvalue weighted by molar-refractivity contribution is -0.131. The number of halogens is 1. The largest absolute Gasteiger partial charge is 0.486 e. The zero-order valence-corrected chi connectivity index (χ0v) is 9.61. The molecule has 1 atom stereocenters. The average molecular weight is 237 g/mol. The van der Waals surface area contributed by atoms with Gasteiger partial charge in [0.25, 0.3) is 5.24 Å². The summed E-state index contributed by atoms with van der Waals surface area (Å²) < 4.78 is 5.47. The number of rotatable bonds is 3. The summed E-state index contributed by atoms with van der Waals surface area (Å²) in [6.45, 7) is 0. The van der Waals surface area contributed by atoms with Crippen LogP contribution in [0.15, 0.2) is 42.7 Å². The molecular weight excluding hydrogens is 224 g/mol. The fourth-order valence-corrected chi connectivity index (χ4v) is 2.10. The molecule has 0 fully saturated rings. The van der Waals surface area contributed by atoms with E-state index >= 15 is 0 Å². The number of benzene rings is 1. The smallest absolute Gasteiger partial charge is 0.265 e. The lowest BCUT2D eigenvalue weighted by Crippen LogP contribution is -2.41. The van der Waals surface area contributed by atoms with Crippen molar-refractivity contribution in [2.24, 2.45) is 0 Å². The Kier molecular flexibility index (Phi) is 3.30. The summed E-state index contributed by atoms with van der Waals surface area (Å²) in [4.78, 5) is 11.5. The fourth-order valence-electron chi connectivity index (χ4n) is 1.89. The molecule has 1 aromatic carbocycles. The van der Waals surface area contributed by atoms with Crippen molar-refractivity contribution in [2.75, 3.05) is 0 Å². The highest BCUT2D eigenvalue weighted by atomic mass is 35.5. The van der Waals surface area contributed by atoms with E-state index in [-0.39, 0.29) is 0 Å². The zero-order chi connectivity index (χ0) is 11.4. The lowest BCUT2D eigenvalue weighted by atomic mass is 9.89. The molecule has 0 amide bonds. The molecule has 3 heteroatoms. The van der Waals surface area contributed by atoms with Crippen LogP contribution >= 0.6 is 11.6 Å². The minimum absolute atomic E-state index is 0.416. The van der Waals surface area contributed by atoms with E-state index < -0.39 is 10.8 Å². The summed E-state index contributed by atoms with van der Waals surface area (Å²) in [5.74, 6) is 0. The van der Waals surface area contributed by atoms with E-state index in [1.54, 1.807) is 6.26 Å². The third-order valence-corrected chi connectivity index (χ3v) is 3.14. The molecule has 84 valence electrons. The molecule has 0 saturated heterocycles. The quantitative estimate of drug-likeness (QED) is 0.754. The minimum Gasteiger partial charge on any atom is -0.486 e. The summed E-state index contributed by atoms with van der Waals surface area (Å²) in [6, 6.07) is 9.79. The highest BCUT2D eigenvalue weighted by Crippen LogP contribution is 2.30. The highest BCUT2D eigenvalue weighted by molar-refractivity contribution is 6.65. The minimum atomic E-state index is -0.877. The van der Waals surface area contributed by atoms with Gasteiger partial charge in [-0.1, -0.05) is 30.3 Å². The van der Waals surface area contributed by atoms with Gasteiger partial charge in [0, 0.05) is 6.42 Å². The number of carbonyl (C=O) groups excluding carboxylic acids is 1. The van der Waals surface area contributed by atoms with E-state index in [9.17, 15) is 4.79 Å². The van der Waals surface area contributed by atoms with Crippen molar-refractivity contribution in [3.05, 3.63) is 48.2 Å². The fraction of sp³-hybridized carbons (Fsp3) is 0.308. The van der Waals surface area contributed by atoms with Gasteiger partial charge in [-0.05, 0) is 36.1 Å². The van der Waals surface area contributed by atoms with Crippen molar-refractivity contribution >= 4 is 16.8 Å². The van der Waals surface area contributed by atoms with Gasteiger partial charge in [0.2, 0.25) is 0 Å². The second-order valence-corrected chi connectivity index (χ2v) is 4.30. The SMILES string of the molecule is O=C(Cl)C1(Cc2ccccc2)CCC=CO1. The molecule has 0 spiro atoms. The standard InChI is InChI=1S/C13H13ClO2/c14-12(15)13(8-4-5-9-16-13)10-11-6-2-1-3-7-11/h1-3,5-7,9H,4,8,10H2. The third kappa shape index (κ3) is 2.27. The molecule has 1 aliphatic heterocycles. The number of carbonyl (C=O) groups is 1. The van der Waals surface area contributed by atoms with Crippen LogP contribution in [0.5, 0.6) is 0 Å². The molecule has 1 aromatic rings. The van der Waals surface area contributed by atoms with Crippen molar-refractivity contribution in [1.29, 1.82) is 0 Å². The van der Waals surface area contributed by atoms with Gasteiger partial charge in [0.15, 0.2) is 5.60 Å². The Morgan fingerprint density at radius 1 is 1.38 bits per heavy atom. The van der Waals surface area contributed by atoms with Gasteiger partial charge in [0.1, 0.15) is 0 Å². The third-order valence-electron chi connectivity index (χ3n) is 2.80. The zero-order valence-electron chi connectivity index (χ0n) is 8.86. The van der Waals surface area contributed by atoms with Crippen molar-refractivity contribution < 1.29 is 9.53 Å². The van der Waals surface area contributed by atoms with Crippen LogP contribution in [0.1, 0.15) is 18.4 Å². The Morgan fingerprint density at radius 3 is 2.69 bits per heavy atom. The van der Waals surface area contributed by atoms with Crippen LogP contribution in [-0.4, -0.2) is 10.8 Å². The van der Waals surface area contributed by atoms with Crippen molar-refractivity contribution in [2.45, 2.75) is 24.9 Å². The van der Waals surface area contributed by atoms with E-state index in [2.05, 4.69) is 0 Å². The summed E-state index contributed by atoms with van der Waals surface area (Å²) in [5.41, 5.74) is 0.185. The number of hydrogen-bond donors (Lipinski definition) is 0. The van der Waals surface area contributed by atoms with Crippen LogP contribution < -0.4 is 0 Å². The number of hydrogen-bond acceptors (Lipinski definition) is 2. The molecule has 1 heterocycles. The molecule has 2 nitrogen and oxygen atoms in total. The Morgan fingerprint density at radius 2 is 2.12 bits per heavy atom. The van der Waals surface area contributed by atoms with Gasteiger partial charge in [-0.15, -0.1) is 0 Å². The molecule has 0 N–H and O–H groups in total. The maximum atomic E-state index is 11.5. The van der Waals surface area contributed by atoms with Crippen LogP contribution in [-0.2, 0) is 16.0 Å². The van der Waals surface area contributed by atoms with Gasteiger partial charge >= 0.3 is 0 Å². The number of ether oxygens (including phenoxy) is 1. The summed E-state index contributed by atoms with van der Waals surface area (Å²) in [5, 5.41) is -0.416. The molecular formula is C13H13ClO2. The maximum Gasteiger partial charge on any atom is 0.265 e. The van der Waals surface area contributed by atoms with Crippen molar-refractivity contribution in [3.63, 3.8) is 0 Å². The van der Waals surface area contributed by atoms with Crippen LogP contribution in [0.3, 0.4) is 0 Å². The maximum absolute atomic E-state index is 11.5. The Labute approximate surface area is 99.9 Å². The van der Waals surface area contributed by atoms with Crippen molar-refractivity contribution in [3.8, 4) is 0 Å². The van der Waals surface area contributed by atoms with E-state index in [0.717, 1.165) is 12.0 Å². The molecule has 2 rings (SSSR count). The second-order valence-electron chi connectivity index (χ2n) is 3.96. The van der Waals surface area contributed by atoms with E-state index in [1.807, 2.05) is 36.4 Å². The van der Waals surface area contributed by atoms with Crippen LogP contribution in [0.2, 0.25) is 0 Å². The van der Waals surface area contributed by atoms with Gasteiger partial charge in [-0.25, -0.2) is 0 Å². The van der Waals surface area contributed by atoms with Gasteiger partial charge in [-0.2, -0.15) is 0 Å². The molecule has 0 saturated carbocycles. The molecule has 0 aliphatic carbocycles. The Bertz CT molecular complexity index is 400. The lowest BCUT2D eigenvalue weighted by Gasteiger charge is -2.31. The first kappa shape index (κ1) is 11.2. The van der Waals surface area contributed by atoms with Crippen molar-refractivity contribution in [1.82, 2.24) is 0 Å². The first-order valence-corrected chi connectivity index (χ1v) is 5.67.